The second-order valence-electron chi connectivity index (χ2n) is 3.37. The molecule has 0 bridgehead atoms. The van der Waals surface area contributed by atoms with Gasteiger partial charge in [-0.2, -0.15) is 17.0 Å². The number of nitrogens with zero attached hydrogens (tertiary/aromatic N) is 1. The Balaban J connectivity index is 3.31. The molecule has 2 N–H and O–H groups in total. The Morgan fingerprint density at radius 2 is 2.25 bits per heavy atom. The van der Waals surface area contributed by atoms with Crippen molar-refractivity contribution in [2.45, 2.75) is 38.6 Å². The quantitative estimate of drug-likeness (QED) is 0.493. The Kier molecular flexibility index (Phi) is 10.3. The maximum Gasteiger partial charge on any atom is 0.322 e. The zero-order chi connectivity index (χ0) is 12.2. The van der Waals surface area contributed by atoms with Gasteiger partial charge >= 0.3 is 5.97 Å². The molecular weight excluding hydrogens is 224 g/mol. The highest BCUT2D eigenvalue weighted by Gasteiger charge is 2.13. The molecule has 0 aliphatic rings. The fourth-order valence-electron chi connectivity index (χ4n) is 1.09. The van der Waals surface area contributed by atoms with E-state index in [1.165, 1.54) is 0 Å². The van der Waals surface area contributed by atoms with Crippen LogP contribution in [0.1, 0.15) is 32.6 Å². The van der Waals surface area contributed by atoms with Crippen LogP contribution in [-0.2, 0) is 9.53 Å². The first-order valence-corrected chi connectivity index (χ1v) is 6.74. The first kappa shape index (κ1) is 15.3. The average Bonchev–Trinajstić information content (AvgIpc) is 2.28. The highest BCUT2D eigenvalue weighted by atomic mass is 32.2. The summed E-state index contributed by atoms with van der Waals surface area (Å²) in [5, 5.41) is 8.33. The zero-order valence-corrected chi connectivity index (χ0v) is 10.6. The maximum atomic E-state index is 11.2. The molecule has 0 spiro atoms. The summed E-state index contributed by atoms with van der Waals surface area (Å²) >= 11 is 1.77. The van der Waals surface area contributed by atoms with Gasteiger partial charge in [0, 0.05) is 6.42 Å². The molecular formula is C11H20N2O2S. The molecule has 0 saturated heterocycles. The van der Waals surface area contributed by atoms with Crippen LogP contribution in [0, 0.1) is 11.3 Å². The predicted molar refractivity (Wildman–Crippen MR) is 66.0 cm³/mol. The Morgan fingerprint density at radius 3 is 2.88 bits per heavy atom. The minimum Gasteiger partial charge on any atom is -0.465 e. The van der Waals surface area contributed by atoms with Gasteiger partial charge in [0.1, 0.15) is 6.04 Å². The molecule has 0 aliphatic heterocycles. The number of thioether (sulfide) groups is 1. The van der Waals surface area contributed by atoms with E-state index >= 15 is 0 Å². The molecule has 92 valence electrons. The summed E-state index contributed by atoms with van der Waals surface area (Å²) in [4.78, 5) is 11.2. The molecule has 0 aromatic rings. The van der Waals surface area contributed by atoms with Crippen LogP contribution in [0.3, 0.4) is 0 Å². The number of hydrogen-bond acceptors (Lipinski definition) is 5. The summed E-state index contributed by atoms with van der Waals surface area (Å²) < 4.78 is 4.80. The minimum atomic E-state index is -0.494. The monoisotopic (exact) mass is 244 g/mol. The van der Waals surface area contributed by atoms with Crippen LogP contribution in [0.5, 0.6) is 0 Å². The lowest BCUT2D eigenvalue weighted by Gasteiger charge is -2.09. The van der Waals surface area contributed by atoms with Crippen LogP contribution >= 0.6 is 11.8 Å². The first-order valence-electron chi connectivity index (χ1n) is 5.59. The minimum absolute atomic E-state index is 0.312. The molecule has 0 radical (unpaired) electrons. The summed E-state index contributed by atoms with van der Waals surface area (Å²) in [6.07, 6.45) is 3.28. The Hall–Kier alpha value is -0.730. The van der Waals surface area contributed by atoms with Crippen LogP contribution in [0.15, 0.2) is 0 Å². The second kappa shape index (κ2) is 10.8. The van der Waals surface area contributed by atoms with Crippen molar-refractivity contribution in [2.24, 2.45) is 5.73 Å². The largest absolute Gasteiger partial charge is 0.465 e. The molecule has 0 aromatic heterocycles. The number of nitriles is 1. The van der Waals surface area contributed by atoms with Gasteiger partial charge in [0.25, 0.3) is 0 Å². The van der Waals surface area contributed by atoms with E-state index in [9.17, 15) is 4.79 Å². The van der Waals surface area contributed by atoms with Gasteiger partial charge in [-0.15, -0.1) is 0 Å². The van der Waals surface area contributed by atoms with E-state index in [1.807, 2.05) is 0 Å². The number of nitrogens with two attached hydrogens (primary N) is 1. The van der Waals surface area contributed by atoms with Crippen LogP contribution in [0.25, 0.3) is 0 Å². The van der Waals surface area contributed by atoms with Gasteiger partial charge in [0.15, 0.2) is 0 Å². The van der Waals surface area contributed by atoms with Crippen LogP contribution in [0.4, 0.5) is 0 Å². The number of ether oxygens (including phenoxy) is 1. The van der Waals surface area contributed by atoms with Crippen molar-refractivity contribution in [3.05, 3.63) is 0 Å². The topological polar surface area (TPSA) is 76.1 Å². The normalized spacial score (nSPS) is 11.8. The van der Waals surface area contributed by atoms with Crippen molar-refractivity contribution in [1.29, 1.82) is 5.26 Å². The number of unbranched alkanes of at least 4 members (excludes halogenated alkanes) is 2. The average molecular weight is 244 g/mol. The molecule has 16 heavy (non-hydrogen) atoms. The van der Waals surface area contributed by atoms with Crippen molar-refractivity contribution in [1.82, 2.24) is 0 Å². The molecule has 0 fully saturated rings. The van der Waals surface area contributed by atoms with Crippen molar-refractivity contribution >= 4 is 17.7 Å². The van der Waals surface area contributed by atoms with Gasteiger partial charge in [-0.25, -0.2) is 0 Å². The fourth-order valence-corrected chi connectivity index (χ4v) is 2.12. The first-order chi connectivity index (χ1) is 7.72. The number of carbonyl (C=O) groups excluding carboxylic acids is 1. The lowest BCUT2D eigenvalue weighted by atomic mass is 10.2. The maximum absolute atomic E-state index is 11.2. The molecule has 0 heterocycles. The lowest BCUT2D eigenvalue weighted by Crippen LogP contribution is -2.32. The van der Waals surface area contributed by atoms with Crippen LogP contribution in [0.2, 0.25) is 0 Å². The van der Waals surface area contributed by atoms with E-state index in [4.69, 9.17) is 15.7 Å². The Labute approximate surface area is 102 Å². The number of carbonyl (C=O) groups is 1. The summed E-state index contributed by atoms with van der Waals surface area (Å²) in [6, 6.07) is 1.62. The van der Waals surface area contributed by atoms with E-state index in [2.05, 4.69) is 6.07 Å². The van der Waals surface area contributed by atoms with E-state index < -0.39 is 6.04 Å². The molecule has 1 unspecified atom stereocenters. The van der Waals surface area contributed by atoms with Gasteiger partial charge in [0.05, 0.1) is 12.7 Å². The van der Waals surface area contributed by atoms with Gasteiger partial charge < -0.3 is 10.5 Å². The van der Waals surface area contributed by atoms with Crippen molar-refractivity contribution in [3.8, 4) is 6.07 Å². The summed E-state index contributed by atoms with van der Waals surface area (Å²) in [5.41, 5.74) is 5.63. The summed E-state index contributed by atoms with van der Waals surface area (Å²) in [5.74, 6) is 1.58. The molecule has 5 heteroatoms. The fraction of sp³-hybridized carbons (Fsp3) is 0.818. The highest BCUT2D eigenvalue weighted by Crippen LogP contribution is 2.08. The number of esters is 1. The number of hydrogen-bond donors (Lipinski definition) is 1. The third-order valence-corrected chi connectivity index (χ3v) is 3.09. The lowest BCUT2D eigenvalue weighted by molar-refractivity contribution is -0.144. The van der Waals surface area contributed by atoms with Crippen LogP contribution in [-0.4, -0.2) is 30.1 Å². The van der Waals surface area contributed by atoms with E-state index in [0.29, 0.717) is 19.4 Å². The van der Waals surface area contributed by atoms with Crippen molar-refractivity contribution in [2.75, 3.05) is 18.1 Å². The molecule has 0 rings (SSSR count). The summed E-state index contributed by atoms with van der Waals surface area (Å²) in [7, 11) is 0. The van der Waals surface area contributed by atoms with Crippen molar-refractivity contribution < 1.29 is 9.53 Å². The van der Waals surface area contributed by atoms with E-state index in [0.717, 1.165) is 24.3 Å². The van der Waals surface area contributed by atoms with Crippen LogP contribution < -0.4 is 5.73 Å². The third kappa shape index (κ3) is 8.57. The summed E-state index contributed by atoms with van der Waals surface area (Å²) in [6.45, 7) is 2.16. The van der Waals surface area contributed by atoms with E-state index in [-0.39, 0.29) is 5.97 Å². The smallest absolute Gasteiger partial charge is 0.322 e. The molecule has 1 atom stereocenters. The zero-order valence-electron chi connectivity index (χ0n) is 9.78. The Bertz CT molecular complexity index is 229. The molecule has 0 aliphatic carbocycles. The molecule has 0 aromatic carbocycles. The SMILES string of the molecule is CCOC(=O)C(N)CCSCCCCC#N. The van der Waals surface area contributed by atoms with Gasteiger partial charge in [-0.05, 0) is 37.7 Å². The second-order valence-corrected chi connectivity index (χ2v) is 4.60. The molecule has 0 amide bonds. The van der Waals surface area contributed by atoms with Gasteiger partial charge in [0.2, 0.25) is 0 Å². The van der Waals surface area contributed by atoms with Crippen molar-refractivity contribution in [3.63, 3.8) is 0 Å². The van der Waals surface area contributed by atoms with E-state index in [1.54, 1.807) is 18.7 Å². The number of rotatable bonds is 9. The third-order valence-electron chi connectivity index (χ3n) is 1.99. The Morgan fingerprint density at radius 1 is 1.50 bits per heavy atom. The predicted octanol–water partition coefficient (Wildman–Crippen LogP) is 1.69. The molecule has 4 nitrogen and oxygen atoms in total. The van der Waals surface area contributed by atoms with Gasteiger partial charge in [-0.3, -0.25) is 4.79 Å². The highest BCUT2D eigenvalue weighted by molar-refractivity contribution is 7.99. The van der Waals surface area contributed by atoms with Gasteiger partial charge in [-0.1, -0.05) is 0 Å². The standard InChI is InChI=1S/C11H20N2O2S/c1-2-15-11(14)10(13)6-9-16-8-5-3-4-7-12/h10H,2-6,8-9,13H2,1H3. The molecule has 0 saturated carbocycles.